The van der Waals surface area contributed by atoms with Gasteiger partial charge in [-0.2, -0.15) is 0 Å². The van der Waals surface area contributed by atoms with Gasteiger partial charge in [0.05, 0.1) is 22.6 Å². The van der Waals surface area contributed by atoms with Crippen molar-refractivity contribution in [2.75, 3.05) is 5.32 Å². The quantitative estimate of drug-likeness (QED) is 0.717. The monoisotopic (exact) mass is 206 g/mol. The van der Waals surface area contributed by atoms with Crippen molar-refractivity contribution < 1.29 is 4.39 Å². The van der Waals surface area contributed by atoms with E-state index >= 15 is 0 Å². The van der Waals surface area contributed by atoms with E-state index in [4.69, 9.17) is 0 Å². The molecule has 1 aromatic heterocycles. The molecule has 1 aromatic carbocycles. The van der Waals surface area contributed by atoms with E-state index in [9.17, 15) is 4.39 Å². The smallest absolute Gasteiger partial charge is 0.124 e. The maximum Gasteiger partial charge on any atom is 0.124 e. The first kappa shape index (κ1) is 7.94. The Hall–Kier alpha value is -1.42. The van der Waals surface area contributed by atoms with Gasteiger partial charge in [0.25, 0.3) is 0 Å². The molecule has 0 unspecified atom stereocenters. The highest BCUT2D eigenvalue weighted by atomic mass is 32.1. The molecule has 0 fully saturated rings. The zero-order chi connectivity index (χ0) is 9.54. The number of nitrogens with one attached hydrogen (secondary N) is 1. The van der Waals surface area contributed by atoms with Crippen LogP contribution in [0.15, 0.2) is 23.7 Å². The highest BCUT2D eigenvalue weighted by Crippen LogP contribution is 2.37. The second-order valence-corrected chi connectivity index (χ2v) is 4.03. The average molecular weight is 206 g/mol. The minimum absolute atomic E-state index is 0.202. The second kappa shape index (κ2) is 2.78. The molecule has 0 radical (unpaired) electrons. The molecular weight excluding hydrogens is 199 g/mol. The van der Waals surface area contributed by atoms with Crippen LogP contribution >= 0.6 is 11.3 Å². The second-order valence-electron chi connectivity index (χ2n) is 3.17. The molecular formula is C10H7FN2S. The van der Waals surface area contributed by atoms with Crippen molar-refractivity contribution in [3.63, 3.8) is 0 Å². The van der Waals surface area contributed by atoms with Crippen molar-refractivity contribution in [3.8, 4) is 10.4 Å². The van der Waals surface area contributed by atoms with Crippen LogP contribution in [0.3, 0.4) is 0 Å². The Morgan fingerprint density at radius 2 is 2.36 bits per heavy atom. The van der Waals surface area contributed by atoms with Gasteiger partial charge < -0.3 is 5.32 Å². The van der Waals surface area contributed by atoms with Gasteiger partial charge in [0.2, 0.25) is 0 Å². The van der Waals surface area contributed by atoms with Gasteiger partial charge >= 0.3 is 0 Å². The van der Waals surface area contributed by atoms with E-state index in [1.54, 1.807) is 29.0 Å². The predicted molar refractivity (Wildman–Crippen MR) is 54.8 cm³/mol. The van der Waals surface area contributed by atoms with Gasteiger partial charge in [-0.15, -0.1) is 11.3 Å². The predicted octanol–water partition coefficient (Wildman–Crippen LogP) is 2.87. The van der Waals surface area contributed by atoms with E-state index in [0.29, 0.717) is 0 Å². The number of aromatic nitrogens is 1. The van der Waals surface area contributed by atoms with Gasteiger partial charge in [-0.1, -0.05) is 0 Å². The normalized spacial score (nSPS) is 12.9. The van der Waals surface area contributed by atoms with Crippen LogP contribution in [0.2, 0.25) is 0 Å². The lowest BCUT2D eigenvalue weighted by Gasteiger charge is -2.16. The highest BCUT2D eigenvalue weighted by molar-refractivity contribution is 7.13. The van der Waals surface area contributed by atoms with Gasteiger partial charge in [-0.05, 0) is 18.2 Å². The lowest BCUT2D eigenvalue weighted by molar-refractivity contribution is 0.628. The molecule has 0 saturated carbocycles. The first-order chi connectivity index (χ1) is 6.84. The Kier molecular flexibility index (Phi) is 1.58. The molecule has 1 N–H and O–H groups in total. The maximum absolute atomic E-state index is 13.1. The molecule has 2 aromatic rings. The van der Waals surface area contributed by atoms with Gasteiger partial charge in [0.15, 0.2) is 0 Å². The van der Waals surface area contributed by atoms with Gasteiger partial charge in [0, 0.05) is 11.3 Å². The fourth-order valence-corrected chi connectivity index (χ4v) is 2.49. The number of nitrogens with zero attached hydrogens (tertiary/aromatic N) is 1. The number of halogens is 1. The van der Waals surface area contributed by atoms with Crippen LogP contribution in [-0.2, 0) is 6.54 Å². The zero-order valence-electron chi connectivity index (χ0n) is 7.25. The van der Waals surface area contributed by atoms with Gasteiger partial charge in [-0.25, -0.2) is 9.37 Å². The molecule has 2 heterocycles. The Bertz CT molecular complexity index is 493. The summed E-state index contributed by atoms with van der Waals surface area (Å²) in [7, 11) is 0. The highest BCUT2D eigenvalue weighted by Gasteiger charge is 2.17. The topological polar surface area (TPSA) is 24.9 Å². The summed E-state index contributed by atoms with van der Waals surface area (Å²) < 4.78 is 13.1. The van der Waals surface area contributed by atoms with E-state index < -0.39 is 0 Å². The third kappa shape index (κ3) is 1.04. The number of fused-ring (bicyclic) bond motifs is 3. The SMILES string of the molecule is Fc1ccc2c(c1)-c1scnc1CN2. The van der Waals surface area contributed by atoms with E-state index in [1.165, 1.54) is 6.07 Å². The summed E-state index contributed by atoms with van der Waals surface area (Å²) in [6.45, 7) is 0.734. The van der Waals surface area contributed by atoms with Crippen LogP contribution in [0.25, 0.3) is 10.4 Å². The van der Waals surface area contributed by atoms with Crippen molar-refractivity contribution in [2.45, 2.75) is 6.54 Å². The first-order valence-corrected chi connectivity index (χ1v) is 5.19. The van der Waals surface area contributed by atoms with Crippen molar-refractivity contribution in [1.82, 2.24) is 4.98 Å². The molecule has 0 atom stereocenters. The van der Waals surface area contributed by atoms with Gasteiger partial charge in [0.1, 0.15) is 5.82 Å². The van der Waals surface area contributed by atoms with Gasteiger partial charge in [-0.3, -0.25) is 0 Å². The fourth-order valence-electron chi connectivity index (χ4n) is 1.65. The fraction of sp³-hybridized carbons (Fsp3) is 0.100. The van der Waals surface area contributed by atoms with E-state index in [1.807, 2.05) is 0 Å². The van der Waals surface area contributed by atoms with E-state index in [2.05, 4.69) is 10.3 Å². The van der Waals surface area contributed by atoms with Crippen LogP contribution in [0.5, 0.6) is 0 Å². The summed E-state index contributed by atoms with van der Waals surface area (Å²) >= 11 is 1.56. The minimum Gasteiger partial charge on any atom is -0.379 e. The number of anilines is 1. The molecule has 14 heavy (non-hydrogen) atoms. The van der Waals surface area contributed by atoms with Crippen LogP contribution in [0, 0.1) is 5.82 Å². The Morgan fingerprint density at radius 3 is 3.29 bits per heavy atom. The standard InChI is InChI=1S/C10H7FN2S/c11-6-1-2-8-7(3-6)10-9(4-12-8)13-5-14-10/h1-3,5,12H,4H2. The summed E-state index contributed by atoms with van der Waals surface area (Å²) in [6, 6.07) is 4.80. The molecule has 0 amide bonds. The number of benzene rings is 1. The summed E-state index contributed by atoms with van der Waals surface area (Å²) in [5.41, 5.74) is 4.72. The number of hydrogen-bond donors (Lipinski definition) is 1. The van der Waals surface area contributed by atoms with E-state index in [-0.39, 0.29) is 5.82 Å². The summed E-state index contributed by atoms with van der Waals surface area (Å²) in [6.07, 6.45) is 0. The Morgan fingerprint density at radius 1 is 1.43 bits per heavy atom. The van der Waals surface area contributed by atoms with Crippen LogP contribution in [0.1, 0.15) is 5.69 Å². The summed E-state index contributed by atoms with van der Waals surface area (Å²) in [5.74, 6) is -0.202. The molecule has 70 valence electrons. The number of rotatable bonds is 0. The Balaban J connectivity index is 2.28. The number of thiazole rings is 1. The minimum atomic E-state index is -0.202. The molecule has 2 nitrogen and oxygen atoms in total. The molecule has 1 aliphatic heterocycles. The van der Waals surface area contributed by atoms with Crippen LogP contribution < -0.4 is 5.32 Å². The van der Waals surface area contributed by atoms with Crippen molar-refractivity contribution >= 4 is 17.0 Å². The summed E-state index contributed by atoms with van der Waals surface area (Å²) in [5, 5.41) is 3.21. The molecule has 0 aliphatic carbocycles. The van der Waals surface area contributed by atoms with Crippen LogP contribution in [-0.4, -0.2) is 4.98 Å². The summed E-state index contributed by atoms with van der Waals surface area (Å²) in [4.78, 5) is 5.30. The molecule has 0 spiro atoms. The van der Waals surface area contributed by atoms with Crippen molar-refractivity contribution in [1.29, 1.82) is 0 Å². The lowest BCUT2D eigenvalue weighted by Crippen LogP contribution is -2.07. The molecule has 1 aliphatic rings. The van der Waals surface area contributed by atoms with Crippen molar-refractivity contribution in [3.05, 3.63) is 35.2 Å². The van der Waals surface area contributed by atoms with Crippen LogP contribution in [0.4, 0.5) is 10.1 Å². The maximum atomic E-state index is 13.1. The third-order valence-corrected chi connectivity index (χ3v) is 3.22. The van der Waals surface area contributed by atoms with E-state index in [0.717, 1.165) is 28.4 Å². The molecule has 3 rings (SSSR count). The number of hydrogen-bond acceptors (Lipinski definition) is 3. The lowest BCUT2D eigenvalue weighted by atomic mass is 10.1. The van der Waals surface area contributed by atoms with Crippen molar-refractivity contribution in [2.24, 2.45) is 0 Å². The zero-order valence-corrected chi connectivity index (χ0v) is 8.07. The third-order valence-electron chi connectivity index (χ3n) is 2.31. The molecule has 0 bridgehead atoms. The molecule has 0 saturated heterocycles. The largest absolute Gasteiger partial charge is 0.379 e. The Labute approximate surface area is 84.4 Å². The molecule has 4 heteroatoms. The first-order valence-electron chi connectivity index (χ1n) is 4.31. The average Bonchev–Trinajstić information content (AvgIpc) is 2.65.